The predicted octanol–water partition coefficient (Wildman–Crippen LogP) is 4.98. The van der Waals surface area contributed by atoms with Crippen LogP contribution >= 0.6 is 0 Å². The quantitative estimate of drug-likeness (QED) is 0.268. The summed E-state index contributed by atoms with van der Waals surface area (Å²) in [5.74, 6) is 1.70. The number of aromatic amines is 1. The van der Waals surface area contributed by atoms with Crippen molar-refractivity contribution in [3.63, 3.8) is 0 Å². The molecule has 1 N–H and O–H groups in total. The van der Waals surface area contributed by atoms with Crippen molar-refractivity contribution < 1.29 is 4.74 Å². The normalized spacial score (nSPS) is 12.4. The topological polar surface area (TPSA) is 102 Å². The van der Waals surface area contributed by atoms with Gasteiger partial charge in [-0.05, 0) is 82.1 Å². The number of pyridine rings is 2. The number of aryl methyl sites for hydroxylation is 2. The first-order valence-electron chi connectivity index (χ1n) is 13.5. The molecule has 9 heteroatoms. The highest BCUT2D eigenvalue weighted by Gasteiger charge is 2.30. The molecule has 0 spiro atoms. The number of hydrogen-bond donors (Lipinski definition) is 1. The number of methoxy groups -OCH3 is 1. The molecule has 0 fully saturated rings. The molecule has 0 saturated heterocycles. The van der Waals surface area contributed by atoms with Crippen molar-refractivity contribution in [2.75, 3.05) is 7.11 Å². The van der Waals surface area contributed by atoms with Crippen LogP contribution < -0.4 is 10.3 Å². The van der Waals surface area contributed by atoms with Crippen molar-refractivity contribution in [1.82, 2.24) is 35.1 Å². The maximum Gasteiger partial charge on any atom is 0.252 e. The molecule has 0 aliphatic rings. The first-order valence-corrected chi connectivity index (χ1v) is 13.5. The van der Waals surface area contributed by atoms with E-state index in [2.05, 4.69) is 69.4 Å². The standard InChI is InChI=1S/C31H35N7O2/c1-20(2)29(30-34-35-36-38(30)18-23-9-12-27(40-5)13-10-23)37(17-24-7-6-14-32-16-24)19-26-15-25-11-8-21(3)22(4)28(25)33-31(26)39/h6-16,20,29H,17-19H2,1-5H3,(H,33,39)/t29-/m0/s1. The van der Waals surface area contributed by atoms with Gasteiger partial charge < -0.3 is 9.72 Å². The first kappa shape index (κ1) is 27.2. The smallest absolute Gasteiger partial charge is 0.252 e. The van der Waals surface area contributed by atoms with Crippen molar-refractivity contribution in [3.8, 4) is 5.75 Å². The second-order valence-corrected chi connectivity index (χ2v) is 10.6. The molecular formula is C31H35N7O2. The Kier molecular flexibility index (Phi) is 8.02. The van der Waals surface area contributed by atoms with Gasteiger partial charge >= 0.3 is 0 Å². The average Bonchev–Trinajstić information content (AvgIpc) is 3.40. The van der Waals surface area contributed by atoms with E-state index < -0.39 is 0 Å². The molecule has 0 radical (unpaired) electrons. The van der Waals surface area contributed by atoms with E-state index in [0.717, 1.165) is 44.7 Å². The fourth-order valence-corrected chi connectivity index (χ4v) is 5.21. The SMILES string of the molecule is COc1ccc(Cn2nnnc2[C@H](C(C)C)N(Cc2cccnc2)Cc2cc3ccc(C)c(C)c3[nH]c2=O)cc1. The lowest BCUT2D eigenvalue weighted by molar-refractivity contribution is 0.126. The first-order chi connectivity index (χ1) is 19.3. The van der Waals surface area contributed by atoms with Gasteiger partial charge in [0.1, 0.15) is 5.75 Å². The van der Waals surface area contributed by atoms with Crippen LogP contribution in [0.4, 0.5) is 0 Å². The Labute approximate surface area is 233 Å². The molecule has 3 heterocycles. The molecule has 0 saturated carbocycles. The van der Waals surface area contributed by atoms with Crippen LogP contribution in [0, 0.1) is 19.8 Å². The van der Waals surface area contributed by atoms with Crippen molar-refractivity contribution >= 4 is 10.9 Å². The number of nitrogens with one attached hydrogen (secondary N) is 1. The number of benzene rings is 2. The van der Waals surface area contributed by atoms with Gasteiger partial charge in [-0.2, -0.15) is 0 Å². The average molecular weight is 538 g/mol. The number of aromatic nitrogens is 6. The third kappa shape index (κ3) is 5.79. The summed E-state index contributed by atoms with van der Waals surface area (Å²) in [7, 11) is 1.65. The zero-order valence-corrected chi connectivity index (χ0v) is 23.6. The summed E-state index contributed by atoms with van der Waals surface area (Å²) in [6, 6.07) is 17.9. The zero-order valence-electron chi connectivity index (χ0n) is 23.6. The largest absolute Gasteiger partial charge is 0.497 e. The molecule has 206 valence electrons. The van der Waals surface area contributed by atoms with E-state index in [9.17, 15) is 4.79 Å². The molecule has 2 aromatic carbocycles. The molecule has 3 aromatic heterocycles. The molecule has 0 unspecified atom stereocenters. The molecule has 0 bridgehead atoms. The van der Waals surface area contributed by atoms with E-state index in [1.807, 2.05) is 54.2 Å². The van der Waals surface area contributed by atoms with Crippen molar-refractivity contribution in [3.05, 3.63) is 111 Å². The van der Waals surface area contributed by atoms with Crippen molar-refractivity contribution in [2.45, 2.75) is 53.4 Å². The number of tetrazole rings is 1. The van der Waals surface area contributed by atoms with Gasteiger partial charge in [0.15, 0.2) is 5.82 Å². The van der Waals surface area contributed by atoms with E-state index in [-0.39, 0.29) is 17.5 Å². The second kappa shape index (κ2) is 11.8. The Morgan fingerprint density at radius 3 is 2.52 bits per heavy atom. The summed E-state index contributed by atoms with van der Waals surface area (Å²) in [6.45, 7) is 9.93. The Morgan fingerprint density at radius 1 is 1.02 bits per heavy atom. The van der Waals surface area contributed by atoms with Crippen LogP contribution in [0.5, 0.6) is 5.75 Å². The van der Waals surface area contributed by atoms with Gasteiger partial charge in [-0.1, -0.05) is 44.2 Å². The van der Waals surface area contributed by atoms with Gasteiger partial charge in [0.25, 0.3) is 5.56 Å². The summed E-state index contributed by atoms with van der Waals surface area (Å²) in [4.78, 5) is 23.1. The zero-order chi connectivity index (χ0) is 28.2. The van der Waals surface area contributed by atoms with Crippen LogP contribution in [-0.4, -0.2) is 42.2 Å². The lowest BCUT2D eigenvalue weighted by Crippen LogP contribution is -2.35. The minimum absolute atomic E-state index is 0.0854. The molecular weight excluding hydrogens is 502 g/mol. The maximum absolute atomic E-state index is 13.4. The third-order valence-electron chi connectivity index (χ3n) is 7.45. The fraction of sp³-hybridized carbons (Fsp3) is 0.323. The van der Waals surface area contributed by atoms with Crippen LogP contribution in [0.25, 0.3) is 10.9 Å². The Hall–Kier alpha value is -4.37. The summed E-state index contributed by atoms with van der Waals surface area (Å²) < 4.78 is 7.15. The molecule has 5 rings (SSSR count). The van der Waals surface area contributed by atoms with Gasteiger partial charge in [-0.3, -0.25) is 14.7 Å². The summed E-state index contributed by atoms with van der Waals surface area (Å²) in [5.41, 5.74) is 5.84. The van der Waals surface area contributed by atoms with E-state index >= 15 is 0 Å². The lowest BCUT2D eigenvalue weighted by atomic mass is 9.99. The monoisotopic (exact) mass is 537 g/mol. The van der Waals surface area contributed by atoms with Crippen molar-refractivity contribution in [2.24, 2.45) is 5.92 Å². The molecule has 1 atom stereocenters. The van der Waals surface area contributed by atoms with Gasteiger partial charge in [-0.25, -0.2) is 4.68 Å². The van der Waals surface area contributed by atoms with Gasteiger partial charge in [-0.15, -0.1) is 5.10 Å². The highest BCUT2D eigenvalue weighted by atomic mass is 16.5. The van der Waals surface area contributed by atoms with Gasteiger partial charge in [0, 0.05) is 31.0 Å². The third-order valence-corrected chi connectivity index (χ3v) is 7.45. The van der Waals surface area contributed by atoms with Crippen LogP contribution in [-0.2, 0) is 19.6 Å². The summed E-state index contributed by atoms with van der Waals surface area (Å²) in [6.07, 6.45) is 3.63. The summed E-state index contributed by atoms with van der Waals surface area (Å²) in [5, 5.41) is 13.9. The van der Waals surface area contributed by atoms with Crippen molar-refractivity contribution in [1.29, 1.82) is 0 Å². The van der Waals surface area contributed by atoms with E-state index in [4.69, 9.17) is 4.74 Å². The number of hydrogen-bond acceptors (Lipinski definition) is 7. The maximum atomic E-state index is 13.4. The minimum Gasteiger partial charge on any atom is -0.497 e. The van der Waals surface area contributed by atoms with Crippen LogP contribution in [0.2, 0.25) is 0 Å². The van der Waals surface area contributed by atoms with Crippen LogP contribution in [0.3, 0.4) is 0 Å². The second-order valence-electron chi connectivity index (χ2n) is 10.6. The van der Waals surface area contributed by atoms with Gasteiger partial charge in [0.05, 0.1) is 25.2 Å². The Balaban J connectivity index is 1.54. The minimum atomic E-state index is -0.164. The van der Waals surface area contributed by atoms with Crippen LogP contribution in [0.15, 0.2) is 71.8 Å². The molecule has 40 heavy (non-hydrogen) atoms. The Morgan fingerprint density at radius 2 is 1.82 bits per heavy atom. The summed E-state index contributed by atoms with van der Waals surface area (Å²) >= 11 is 0. The number of ether oxygens (including phenoxy) is 1. The number of H-pyrrole nitrogens is 1. The molecule has 9 nitrogen and oxygen atoms in total. The van der Waals surface area contributed by atoms with Gasteiger partial charge in [0.2, 0.25) is 0 Å². The molecule has 0 aliphatic heterocycles. The highest BCUT2D eigenvalue weighted by Crippen LogP contribution is 2.31. The molecule has 0 aliphatic carbocycles. The van der Waals surface area contributed by atoms with E-state index in [0.29, 0.717) is 25.2 Å². The number of nitrogens with zero attached hydrogens (tertiary/aromatic N) is 6. The lowest BCUT2D eigenvalue weighted by Gasteiger charge is -2.33. The number of rotatable bonds is 10. The predicted molar refractivity (Wildman–Crippen MR) is 155 cm³/mol. The van der Waals surface area contributed by atoms with Crippen LogP contribution in [0.1, 0.15) is 53.5 Å². The van der Waals surface area contributed by atoms with E-state index in [1.165, 1.54) is 0 Å². The van der Waals surface area contributed by atoms with E-state index in [1.54, 1.807) is 13.3 Å². The molecule has 0 amide bonds. The molecule has 5 aromatic rings. The Bertz CT molecular complexity index is 1640. The fourth-order valence-electron chi connectivity index (χ4n) is 5.21. The highest BCUT2D eigenvalue weighted by molar-refractivity contribution is 5.83. The number of fused-ring (bicyclic) bond motifs is 1.